The van der Waals surface area contributed by atoms with Crippen LogP contribution in [0.2, 0.25) is 0 Å². The van der Waals surface area contributed by atoms with E-state index in [1.807, 2.05) is 20.8 Å². The maximum absolute atomic E-state index is 12.6. The van der Waals surface area contributed by atoms with Gasteiger partial charge in [0.15, 0.2) is 0 Å². The molecule has 0 aromatic heterocycles. The van der Waals surface area contributed by atoms with Crippen molar-refractivity contribution in [2.24, 2.45) is 0 Å². The van der Waals surface area contributed by atoms with Crippen LogP contribution >= 0.6 is 0 Å². The number of ether oxygens (including phenoxy) is 1. The van der Waals surface area contributed by atoms with E-state index in [9.17, 15) is 8.42 Å². The summed E-state index contributed by atoms with van der Waals surface area (Å²) in [4.78, 5) is 0. The molecule has 0 saturated carbocycles. The van der Waals surface area contributed by atoms with Crippen molar-refractivity contribution < 1.29 is 13.2 Å². The predicted molar refractivity (Wildman–Crippen MR) is 70.5 cm³/mol. The lowest BCUT2D eigenvalue weighted by Gasteiger charge is -2.40. The summed E-state index contributed by atoms with van der Waals surface area (Å²) in [7, 11) is -3.31. The Morgan fingerprint density at radius 2 is 1.67 bits per heavy atom. The molecule has 3 atom stereocenters. The second-order valence-electron chi connectivity index (χ2n) is 5.54. The molecular weight excluding hydrogens is 252 g/mol. The van der Waals surface area contributed by atoms with Gasteiger partial charge >= 0.3 is 0 Å². The van der Waals surface area contributed by atoms with Gasteiger partial charge < -0.3 is 4.74 Å². The topological polar surface area (TPSA) is 49.9 Å². The van der Waals surface area contributed by atoms with Crippen molar-refractivity contribution in [1.29, 1.82) is 0 Å². The van der Waals surface area contributed by atoms with E-state index in [0.717, 1.165) is 19.3 Å². The normalized spacial score (nSPS) is 36.7. The van der Waals surface area contributed by atoms with Gasteiger partial charge in [-0.2, -0.15) is 17.0 Å². The van der Waals surface area contributed by atoms with E-state index < -0.39 is 10.2 Å². The van der Waals surface area contributed by atoms with Gasteiger partial charge in [-0.15, -0.1) is 0 Å². The SMILES string of the molecule is C[C@@H]1CN(S(=O)(=O)N2CCCC[C@H]2C)C[C@H](C)O1. The molecule has 18 heavy (non-hydrogen) atoms. The Morgan fingerprint density at radius 3 is 2.22 bits per heavy atom. The molecule has 0 N–H and O–H groups in total. The summed E-state index contributed by atoms with van der Waals surface area (Å²) in [6.07, 6.45) is 3.02. The molecule has 2 rings (SSSR count). The van der Waals surface area contributed by atoms with E-state index >= 15 is 0 Å². The lowest BCUT2D eigenvalue weighted by Crippen LogP contribution is -2.55. The number of hydrogen-bond donors (Lipinski definition) is 0. The quantitative estimate of drug-likeness (QED) is 0.762. The first-order valence-electron chi connectivity index (χ1n) is 6.83. The molecule has 0 spiro atoms. The second-order valence-corrected chi connectivity index (χ2v) is 7.42. The van der Waals surface area contributed by atoms with E-state index in [1.165, 1.54) is 0 Å². The minimum absolute atomic E-state index is 0.0244. The molecule has 0 amide bonds. The van der Waals surface area contributed by atoms with Crippen LogP contribution in [0.5, 0.6) is 0 Å². The molecule has 5 nitrogen and oxygen atoms in total. The minimum Gasteiger partial charge on any atom is -0.373 e. The van der Waals surface area contributed by atoms with Gasteiger partial charge in [0, 0.05) is 25.7 Å². The van der Waals surface area contributed by atoms with Crippen molar-refractivity contribution >= 4 is 10.2 Å². The van der Waals surface area contributed by atoms with Crippen molar-refractivity contribution in [3.05, 3.63) is 0 Å². The standard InChI is InChI=1S/C12H24N2O3S/c1-10-6-4-5-7-14(10)18(15,16)13-8-11(2)17-12(3)9-13/h10-12H,4-9H2,1-3H3/t10-,11-,12+/m1/s1. The fraction of sp³-hybridized carbons (Fsp3) is 1.00. The fourth-order valence-electron chi connectivity index (χ4n) is 2.88. The molecular formula is C12H24N2O3S. The first kappa shape index (κ1) is 14.2. The van der Waals surface area contributed by atoms with Gasteiger partial charge in [-0.1, -0.05) is 6.42 Å². The van der Waals surface area contributed by atoms with Gasteiger partial charge in [0.2, 0.25) is 0 Å². The summed E-state index contributed by atoms with van der Waals surface area (Å²) in [5.41, 5.74) is 0. The third-order valence-electron chi connectivity index (χ3n) is 3.75. The van der Waals surface area contributed by atoms with Gasteiger partial charge in [0.25, 0.3) is 10.2 Å². The van der Waals surface area contributed by atoms with E-state index in [2.05, 4.69) is 0 Å². The summed E-state index contributed by atoms with van der Waals surface area (Å²) >= 11 is 0. The highest BCUT2D eigenvalue weighted by Gasteiger charge is 2.38. The number of morpholine rings is 1. The highest BCUT2D eigenvalue weighted by atomic mass is 32.2. The summed E-state index contributed by atoms with van der Waals surface area (Å²) in [6, 6.07) is 0.122. The summed E-state index contributed by atoms with van der Waals surface area (Å²) < 4.78 is 34.1. The smallest absolute Gasteiger partial charge is 0.282 e. The molecule has 0 unspecified atom stereocenters. The van der Waals surface area contributed by atoms with Crippen LogP contribution in [0.15, 0.2) is 0 Å². The van der Waals surface area contributed by atoms with Crippen LogP contribution in [0.4, 0.5) is 0 Å². The van der Waals surface area contributed by atoms with Crippen LogP contribution < -0.4 is 0 Å². The van der Waals surface area contributed by atoms with Gasteiger partial charge in [-0.25, -0.2) is 0 Å². The highest BCUT2D eigenvalue weighted by Crippen LogP contribution is 2.24. The van der Waals surface area contributed by atoms with E-state index in [4.69, 9.17) is 4.74 Å². The van der Waals surface area contributed by atoms with Crippen molar-refractivity contribution in [3.8, 4) is 0 Å². The number of hydrogen-bond acceptors (Lipinski definition) is 3. The van der Waals surface area contributed by atoms with Crippen LogP contribution in [0, 0.1) is 0 Å². The van der Waals surface area contributed by atoms with Crippen molar-refractivity contribution in [3.63, 3.8) is 0 Å². The Morgan fingerprint density at radius 1 is 1.06 bits per heavy atom. The van der Waals surface area contributed by atoms with Crippen LogP contribution in [0.25, 0.3) is 0 Å². The molecule has 0 radical (unpaired) electrons. The van der Waals surface area contributed by atoms with Crippen molar-refractivity contribution in [2.75, 3.05) is 19.6 Å². The fourth-order valence-corrected chi connectivity index (χ4v) is 4.90. The predicted octanol–water partition coefficient (Wildman–Crippen LogP) is 1.21. The van der Waals surface area contributed by atoms with E-state index in [0.29, 0.717) is 19.6 Å². The first-order chi connectivity index (χ1) is 8.41. The summed E-state index contributed by atoms with van der Waals surface area (Å²) in [5.74, 6) is 0. The van der Waals surface area contributed by atoms with Crippen LogP contribution in [-0.4, -0.2) is 54.9 Å². The number of piperidine rings is 1. The van der Waals surface area contributed by atoms with Gasteiger partial charge in [-0.05, 0) is 33.6 Å². The largest absolute Gasteiger partial charge is 0.373 e. The maximum Gasteiger partial charge on any atom is 0.282 e. The van der Waals surface area contributed by atoms with Crippen molar-refractivity contribution in [2.45, 2.75) is 58.3 Å². The number of nitrogens with zero attached hydrogens (tertiary/aromatic N) is 2. The van der Waals surface area contributed by atoms with Crippen LogP contribution in [0.3, 0.4) is 0 Å². The van der Waals surface area contributed by atoms with Crippen LogP contribution in [-0.2, 0) is 14.9 Å². The van der Waals surface area contributed by atoms with E-state index in [1.54, 1.807) is 8.61 Å². The zero-order valence-electron chi connectivity index (χ0n) is 11.5. The van der Waals surface area contributed by atoms with E-state index in [-0.39, 0.29) is 18.2 Å². The Labute approximate surface area is 110 Å². The molecule has 6 heteroatoms. The van der Waals surface area contributed by atoms with Gasteiger partial charge in [0.1, 0.15) is 0 Å². The molecule has 0 aromatic carbocycles. The molecule has 0 aromatic rings. The molecule has 106 valence electrons. The zero-order chi connectivity index (χ0) is 13.3. The Hall–Kier alpha value is -0.170. The van der Waals surface area contributed by atoms with Crippen molar-refractivity contribution in [1.82, 2.24) is 8.61 Å². The summed E-state index contributed by atoms with van der Waals surface area (Å²) in [6.45, 7) is 7.45. The lowest BCUT2D eigenvalue weighted by molar-refractivity contribution is -0.0459. The highest BCUT2D eigenvalue weighted by molar-refractivity contribution is 7.86. The Balaban J connectivity index is 2.14. The second kappa shape index (κ2) is 5.45. The zero-order valence-corrected chi connectivity index (χ0v) is 12.3. The molecule has 2 saturated heterocycles. The van der Waals surface area contributed by atoms with Gasteiger partial charge in [-0.3, -0.25) is 0 Å². The average Bonchev–Trinajstić information content (AvgIpc) is 2.28. The summed E-state index contributed by atoms with van der Waals surface area (Å²) in [5, 5.41) is 0. The molecule has 0 aliphatic carbocycles. The maximum atomic E-state index is 12.6. The Kier molecular flexibility index (Phi) is 4.31. The molecule has 0 bridgehead atoms. The molecule has 2 aliphatic heterocycles. The lowest BCUT2D eigenvalue weighted by atomic mass is 10.1. The third kappa shape index (κ3) is 2.87. The molecule has 2 heterocycles. The molecule has 2 fully saturated rings. The Bertz CT molecular complexity index is 375. The minimum atomic E-state index is -3.31. The van der Waals surface area contributed by atoms with Crippen LogP contribution in [0.1, 0.15) is 40.0 Å². The molecule has 2 aliphatic rings. The first-order valence-corrected chi connectivity index (χ1v) is 8.23. The van der Waals surface area contributed by atoms with Gasteiger partial charge in [0.05, 0.1) is 12.2 Å². The third-order valence-corrected chi connectivity index (χ3v) is 5.84. The number of rotatable bonds is 2. The average molecular weight is 276 g/mol. The monoisotopic (exact) mass is 276 g/mol.